The average molecular weight is 266 g/mol. The maximum atomic E-state index is 12.3. The molecule has 0 aromatic carbocycles. The summed E-state index contributed by atoms with van der Waals surface area (Å²) >= 11 is 0. The SMILES string of the molecule is CC(C)c1nc(C(=O)N(CCC(=O)O)C2CC2)n[nH]1. The van der Waals surface area contributed by atoms with Crippen molar-refractivity contribution in [2.75, 3.05) is 6.54 Å². The largest absolute Gasteiger partial charge is 0.481 e. The fourth-order valence-corrected chi connectivity index (χ4v) is 1.81. The van der Waals surface area contributed by atoms with Crippen LogP contribution in [0.25, 0.3) is 0 Å². The summed E-state index contributed by atoms with van der Waals surface area (Å²) in [6.45, 7) is 4.13. The first-order valence-electron chi connectivity index (χ1n) is 6.44. The predicted octanol–water partition coefficient (Wildman–Crippen LogP) is 1.01. The van der Waals surface area contributed by atoms with Crippen molar-refractivity contribution in [3.05, 3.63) is 11.6 Å². The van der Waals surface area contributed by atoms with Crippen LogP contribution in [0.15, 0.2) is 0 Å². The highest BCUT2D eigenvalue weighted by atomic mass is 16.4. The summed E-state index contributed by atoms with van der Waals surface area (Å²) in [7, 11) is 0. The van der Waals surface area contributed by atoms with E-state index in [2.05, 4.69) is 15.2 Å². The number of rotatable bonds is 6. The lowest BCUT2D eigenvalue weighted by atomic mass is 10.2. The quantitative estimate of drug-likeness (QED) is 0.800. The minimum Gasteiger partial charge on any atom is -0.481 e. The molecule has 7 heteroatoms. The third-order valence-corrected chi connectivity index (χ3v) is 3.06. The Labute approximate surface area is 111 Å². The number of carbonyl (C=O) groups excluding carboxylic acids is 1. The number of hydrogen-bond donors (Lipinski definition) is 2. The molecule has 1 amide bonds. The number of aliphatic carboxylic acids is 1. The van der Waals surface area contributed by atoms with Gasteiger partial charge >= 0.3 is 5.97 Å². The lowest BCUT2D eigenvalue weighted by Gasteiger charge is -2.19. The molecule has 0 atom stereocenters. The van der Waals surface area contributed by atoms with Crippen LogP contribution in [0, 0.1) is 0 Å². The Bertz CT molecular complexity index is 479. The van der Waals surface area contributed by atoms with Crippen molar-refractivity contribution in [1.82, 2.24) is 20.1 Å². The molecule has 1 aromatic heterocycles. The van der Waals surface area contributed by atoms with Gasteiger partial charge in [-0.2, -0.15) is 0 Å². The molecular formula is C12H18N4O3. The Morgan fingerprint density at radius 2 is 2.16 bits per heavy atom. The van der Waals surface area contributed by atoms with Crippen molar-refractivity contribution in [1.29, 1.82) is 0 Å². The van der Waals surface area contributed by atoms with Crippen molar-refractivity contribution in [2.24, 2.45) is 0 Å². The Morgan fingerprint density at radius 1 is 1.47 bits per heavy atom. The number of carbonyl (C=O) groups is 2. The Morgan fingerprint density at radius 3 is 2.63 bits per heavy atom. The topological polar surface area (TPSA) is 99.2 Å². The van der Waals surface area contributed by atoms with E-state index in [9.17, 15) is 9.59 Å². The molecule has 19 heavy (non-hydrogen) atoms. The van der Waals surface area contributed by atoms with Gasteiger partial charge in [-0.05, 0) is 12.8 Å². The van der Waals surface area contributed by atoms with Gasteiger partial charge in [-0.15, -0.1) is 5.10 Å². The van der Waals surface area contributed by atoms with Gasteiger partial charge in [-0.1, -0.05) is 13.8 Å². The Kier molecular flexibility index (Phi) is 3.82. The van der Waals surface area contributed by atoms with Crippen molar-refractivity contribution in [3.8, 4) is 0 Å². The van der Waals surface area contributed by atoms with Gasteiger partial charge in [0.2, 0.25) is 5.82 Å². The second-order valence-corrected chi connectivity index (χ2v) is 5.07. The van der Waals surface area contributed by atoms with Gasteiger partial charge in [0.05, 0.1) is 6.42 Å². The van der Waals surface area contributed by atoms with Crippen molar-refractivity contribution < 1.29 is 14.7 Å². The van der Waals surface area contributed by atoms with E-state index >= 15 is 0 Å². The molecule has 1 saturated carbocycles. The van der Waals surface area contributed by atoms with E-state index in [1.54, 1.807) is 4.90 Å². The molecule has 0 radical (unpaired) electrons. The van der Waals surface area contributed by atoms with E-state index in [0.29, 0.717) is 5.82 Å². The smallest absolute Gasteiger partial charge is 0.305 e. The van der Waals surface area contributed by atoms with Gasteiger partial charge in [-0.25, -0.2) is 4.98 Å². The van der Waals surface area contributed by atoms with Crippen molar-refractivity contribution in [3.63, 3.8) is 0 Å². The van der Waals surface area contributed by atoms with Gasteiger partial charge in [0, 0.05) is 18.5 Å². The third kappa shape index (κ3) is 3.30. The maximum absolute atomic E-state index is 12.3. The summed E-state index contributed by atoms with van der Waals surface area (Å²) in [6, 6.07) is 0.146. The zero-order valence-corrected chi connectivity index (χ0v) is 11.1. The molecular weight excluding hydrogens is 248 g/mol. The molecule has 2 N–H and O–H groups in total. The lowest BCUT2D eigenvalue weighted by Crippen LogP contribution is -2.35. The average Bonchev–Trinajstić information content (AvgIpc) is 3.05. The van der Waals surface area contributed by atoms with E-state index in [0.717, 1.165) is 12.8 Å². The number of nitrogens with zero attached hydrogens (tertiary/aromatic N) is 3. The summed E-state index contributed by atoms with van der Waals surface area (Å²) in [5.74, 6) is -0.232. The summed E-state index contributed by atoms with van der Waals surface area (Å²) in [6.07, 6.45) is 1.79. The molecule has 104 valence electrons. The minimum atomic E-state index is -0.906. The number of hydrogen-bond acceptors (Lipinski definition) is 4. The molecule has 0 bridgehead atoms. The number of carboxylic acid groups (broad SMARTS) is 1. The molecule has 0 saturated heterocycles. The maximum Gasteiger partial charge on any atom is 0.305 e. The number of aromatic nitrogens is 3. The van der Waals surface area contributed by atoms with E-state index in [1.165, 1.54) is 0 Å². The van der Waals surface area contributed by atoms with Crippen LogP contribution >= 0.6 is 0 Å². The minimum absolute atomic E-state index is 0.0519. The van der Waals surface area contributed by atoms with Crippen LogP contribution in [0.4, 0.5) is 0 Å². The third-order valence-electron chi connectivity index (χ3n) is 3.06. The van der Waals surface area contributed by atoms with Gasteiger partial charge in [0.15, 0.2) is 0 Å². The second-order valence-electron chi connectivity index (χ2n) is 5.07. The number of H-pyrrole nitrogens is 1. The van der Waals surface area contributed by atoms with Crippen molar-refractivity contribution in [2.45, 2.75) is 45.1 Å². The van der Waals surface area contributed by atoms with Crippen LogP contribution in [0.5, 0.6) is 0 Å². The molecule has 0 aliphatic heterocycles. The fourth-order valence-electron chi connectivity index (χ4n) is 1.81. The van der Waals surface area contributed by atoms with Crippen LogP contribution in [0.3, 0.4) is 0 Å². The molecule has 1 aliphatic carbocycles. The highest BCUT2D eigenvalue weighted by Crippen LogP contribution is 2.28. The van der Waals surface area contributed by atoms with Crippen molar-refractivity contribution >= 4 is 11.9 Å². The first kappa shape index (κ1) is 13.5. The predicted molar refractivity (Wildman–Crippen MR) is 66.8 cm³/mol. The number of carboxylic acids is 1. The number of amides is 1. The van der Waals surface area contributed by atoms with Gasteiger partial charge in [-0.3, -0.25) is 14.7 Å². The van der Waals surface area contributed by atoms with Crippen LogP contribution in [0.2, 0.25) is 0 Å². The first-order chi connectivity index (χ1) is 8.99. The summed E-state index contributed by atoms with van der Waals surface area (Å²) < 4.78 is 0. The number of nitrogens with one attached hydrogen (secondary N) is 1. The highest BCUT2D eigenvalue weighted by Gasteiger charge is 2.34. The van der Waals surface area contributed by atoms with E-state index < -0.39 is 5.97 Å². The fraction of sp³-hybridized carbons (Fsp3) is 0.667. The molecule has 1 aromatic rings. The van der Waals surface area contributed by atoms with Crippen LogP contribution < -0.4 is 0 Å². The van der Waals surface area contributed by atoms with E-state index in [1.807, 2.05) is 13.8 Å². The van der Waals surface area contributed by atoms with E-state index in [-0.39, 0.29) is 36.7 Å². The van der Waals surface area contributed by atoms with Gasteiger partial charge in [0.1, 0.15) is 5.82 Å². The standard InChI is InChI=1S/C12H18N4O3/c1-7(2)10-13-11(15-14-10)12(19)16(8-3-4-8)6-5-9(17)18/h7-8H,3-6H2,1-2H3,(H,17,18)(H,13,14,15). The summed E-state index contributed by atoms with van der Waals surface area (Å²) in [5, 5.41) is 15.4. The molecule has 0 unspecified atom stereocenters. The normalized spacial score (nSPS) is 14.7. The Balaban J connectivity index is 2.07. The van der Waals surface area contributed by atoms with Gasteiger partial charge in [0.25, 0.3) is 5.91 Å². The molecule has 1 heterocycles. The van der Waals surface area contributed by atoms with E-state index in [4.69, 9.17) is 5.11 Å². The monoisotopic (exact) mass is 266 g/mol. The summed E-state index contributed by atoms with van der Waals surface area (Å²) in [5.41, 5.74) is 0. The molecule has 0 spiro atoms. The lowest BCUT2D eigenvalue weighted by molar-refractivity contribution is -0.137. The van der Waals surface area contributed by atoms with Crippen LogP contribution in [-0.2, 0) is 4.79 Å². The Hall–Kier alpha value is -1.92. The first-order valence-corrected chi connectivity index (χ1v) is 6.44. The zero-order chi connectivity index (χ0) is 14.0. The van der Waals surface area contributed by atoms with Crippen LogP contribution in [-0.4, -0.2) is 49.7 Å². The molecule has 2 rings (SSSR count). The zero-order valence-electron chi connectivity index (χ0n) is 11.1. The molecule has 7 nitrogen and oxygen atoms in total. The van der Waals surface area contributed by atoms with Crippen LogP contribution in [0.1, 0.15) is 55.5 Å². The second kappa shape index (κ2) is 5.38. The highest BCUT2D eigenvalue weighted by molar-refractivity contribution is 5.91. The van der Waals surface area contributed by atoms with Gasteiger partial charge < -0.3 is 10.0 Å². The molecule has 1 fully saturated rings. The summed E-state index contributed by atoms with van der Waals surface area (Å²) in [4.78, 5) is 28.6. The molecule has 1 aliphatic rings. The number of aromatic amines is 1.